The SMILES string of the molecule is CC(C(=O)N(C)C1CCCCCC1)N1CCNCC1. The van der Waals surface area contributed by atoms with Crippen LogP contribution in [0.1, 0.15) is 45.4 Å². The van der Waals surface area contributed by atoms with Crippen molar-refractivity contribution in [2.24, 2.45) is 0 Å². The third kappa shape index (κ3) is 3.93. The van der Waals surface area contributed by atoms with Crippen molar-refractivity contribution in [2.45, 2.75) is 57.5 Å². The molecule has 1 heterocycles. The smallest absolute Gasteiger partial charge is 0.239 e. The maximum atomic E-state index is 12.6. The van der Waals surface area contributed by atoms with Crippen molar-refractivity contribution in [3.8, 4) is 0 Å². The quantitative estimate of drug-likeness (QED) is 0.786. The van der Waals surface area contributed by atoms with Crippen LogP contribution in [0.2, 0.25) is 0 Å². The largest absolute Gasteiger partial charge is 0.341 e. The molecule has 4 heteroatoms. The standard InChI is InChI=1S/C15H29N3O/c1-13(18-11-9-16-10-12-18)15(19)17(2)14-7-5-3-4-6-8-14/h13-14,16H,3-12H2,1-2H3. The minimum Gasteiger partial charge on any atom is -0.341 e. The maximum Gasteiger partial charge on any atom is 0.239 e. The van der Waals surface area contributed by atoms with Gasteiger partial charge in [0.2, 0.25) is 5.91 Å². The van der Waals surface area contributed by atoms with Crippen molar-refractivity contribution in [3.63, 3.8) is 0 Å². The number of piperazine rings is 1. The lowest BCUT2D eigenvalue weighted by Crippen LogP contribution is -2.54. The van der Waals surface area contributed by atoms with Crippen molar-refractivity contribution < 1.29 is 4.79 Å². The molecule has 110 valence electrons. The molecule has 1 aliphatic heterocycles. The summed E-state index contributed by atoms with van der Waals surface area (Å²) in [6, 6.07) is 0.510. The fraction of sp³-hybridized carbons (Fsp3) is 0.933. The third-order valence-electron chi connectivity index (χ3n) is 4.78. The number of carbonyl (C=O) groups is 1. The Hall–Kier alpha value is -0.610. The number of carbonyl (C=O) groups excluding carboxylic acids is 1. The average molecular weight is 267 g/mol. The van der Waals surface area contributed by atoms with Crippen LogP contribution in [0.25, 0.3) is 0 Å². The van der Waals surface area contributed by atoms with E-state index in [1.54, 1.807) is 0 Å². The van der Waals surface area contributed by atoms with Crippen LogP contribution in [0.3, 0.4) is 0 Å². The lowest BCUT2D eigenvalue weighted by molar-refractivity contribution is -0.137. The molecule has 0 radical (unpaired) electrons. The molecule has 0 bridgehead atoms. The summed E-state index contributed by atoms with van der Waals surface area (Å²) in [6.45, 7) is 6.06. The summed E-state index contributed by atoms with van der Waals surface area (Å²) < 4.78 is 0. The molecule has 1 aliphatic carbocycles. The van der Waals surface area contributed by atoms with E-state index in [4.69, 9.17) is 0 Å². The predicted octanol–water partition coefficient (Wildman–Crippen LogP) is 1.46. The molecular weight excluding hydrogens is 238 g/mol. The normalized spacial score (nSPS) is 24.7. The molecule has 0 aromatic rings. The van der Waals surface area contributed by atoms with Gasteiger partial charge < -0.3 is 10.2 Å². The number of amides is 1. The van der Waals surface area contributed by atoms with Gasteiger partial charge in [-0.1, -0.05) is 25.7 Å². The van der Waals surface area contributed by atoms with E-state index in [9.17, 15) is 4.79 Å². The van der Waals surface area contributed by atoms with Crippen LogP contribution < -0.4 is 5.32 Å². The van der Waals surface area contributed by atoms with Gasteiger partial charge in [0, 0.05) is 39.3 Å². The van der Waals surface area contributed by atoms with E-state index < -0.39 is 0 Å². The fourth-order valence-corrected chi connectivity index (χ4v) is 3.35. The van der Waals surface area contributed by atoms with Crippen LogP contribution in [0.5, 0.6) is 0 Å². The van der Waals surface area contributed by atoms with Crippen molar-refractivity contribution in [1.29, 1.82) is 0 Å². The molecule has 2 aliphatic rings. The number of hydrogen-bond donors (Lipinski definition) is 1. The zero-order chi connectivity index (χ0) is 13.7. The Labute approximate surface area is 117 Å². The first-order valence-corrected chi connectivity index (χ1v) is 7.91. The minimum absolute atomic E-state index is 0.0374. The van der Waals surface area contributed by atoms with Gasteiger partial charge in [-0.3, -0.25) is 9.69 Å². The highest BCUT2D eigenvalue weighted by Crippen LogP contribution is 2.22. The monoisotopic (exact) mass is 267 g/mol. The van der Waals surface area contributed by atoms with Crippen LogP contribution in [-0.2, 0) is 4.79 Å². The number of rotatable bonds is 3. The van der Waals surface area contributed by atoms with Crippen LogP contribution in [0.15, 0.2) is 0 Å². The summed E-state index contributed by atoms with van der Waals surface area (Å²) >= 11 is 0. The summed E-state index contributed by atoms with van der Waals surface area (Å²) in [7, 11) is 2.01. The second kappa shape index (κ2) is 7.25. The fourth-order valence-electron chi connectivity index (χ4n) is 3.35. The molecule has 0 spiro atoms. The summed E-state index contributed by atoms with van der Waals surface area (Å²) in [5.41, 5.74) is 0. The predicted molar refractivity (Wildman–Crippen MR) is 78.2 cm³/mol. The molecule has 19 heavy (non-hydrogen) atoms. The molecule has 1 N–H and O–H groups in total. The molecule has 1 atom stereocenters. The van der Waals surface area contributed by atoms with Gasteiger partial charge in [0.25, 0.3) is 0 Å². The van der Waals surface area contributed by atoms with Crippen molar-refractivity contribution >= 4 is 5.91 Å². The minimum atomic E-state index is 0.0374. The lowest BCUT2D eigenvalue weighted by Gasteiger charge is -2.36. The summed E-state index contributed by atoms with van der Waals surface area (Å²) in [4.78, 5) is 17.0. The lowest BCUT2D eigenvalue weighted by atomic mass is 10.1. The Balaban J connectivity index is 1.89. The highest BCUT2D eigenvalue weighted by molar-refractivity contribution is 5.81. The van der Waals surface area contributed by atoms with E-state index in [2.05, 4.69) is 17.1 Å². The van der Waals surface area contributed by atoms with E-state index in [0.29, 0.717) is 11.9 Å². The molecular formula is C15H29N3O. The van der Waals surface area contributed by atoms with E-state index in [1.807, 2.05) is 11.9 Å². The first-order valence-electron chi connectivity index (χ1n) is 7.91. The second-order valence-corrected chi connectivity index (χ2v) is 6.06. The molecule has 0 aromatic heterocycles. The van der Waals surface area contributed by atoms with E-state index in [-0.39, 0.29) is 6.04 Å². The van der Waals surface area contributed by atoms with E-state index in [0.717, 1.165) is 26.2 Å². The summed E-state index contributed by atoms with van der Waals surface area (Å²) in [5, 5.41) is 3.34. The highest BCUT2D eigenvalue weighted by Gasteiger charge is 2.28. The molecule has 2 fully saturated rings. The topological polar surface area (TPSA) is 35.6 Å². The zero-order valence-electron chi connectivity index (χ0n) is 12.5. The van der Waals surface area contributed by atoms with E-state index >= 15 is 0 Å². The number of hydrogen-bond acceptors (Lipinski definition) is 3. The van der Waals surface area contributed by atoms with Gasteiger partial charge in [0.15, 0.2) is 0 Å². The molecule has 1 unspecified atom stereocenters. The van der Waals surface area contributed by atoms with Gasteiger partial charge in [-0.15, -0.1) is 0 Å². The molecule has 2 rings (SSSR count). The van der Waals surface area contributed by atoms with Crippen LogP contribution >= 0.6 is 0 Å². The first-order chi connectivity index (χ1) is 9.20. The third-order valence-corrected chi connectivity index (χ3v) is 4.78. The summed E-state index contributed by atoms with van der Waals surface area (Å²) in [6.07, 6.45) is 7.62. The Morgan fingerprint density at radius 1 is 1.16 bits per heavy atom. The van der Waals surface area contributed by atoms with Gasteiger partial charge in [-0.05, 0) is 19.8 Å². The highest BCUT2D eigenvalue weighted by atomic mass is 16.2. The maximum absolute atomic E-state index is 12.6. The number of nitrogens with one attached hydrogen (secondary N) is 1. The molecule has 1 saturated carbocycles. The van der Waals surface area contributed by atoms with Gasteiger partial charge in [-0.2, -0.15) is 0 Å². The Morgan fingerprint density at radius 3 is 2.32 bits per heavy atom. The van der Waals surface area contributed by atoms with Gasteiger partial charge >= 0.3 is 0 Å². The molecule has 1 saturated heterocycles. The molecule has 0 aromatic carbocycles. The Bertz CT molecular complexity index is 281. The van der Waals surface area contributed by atoms with Gasteiger partial charge in [0.05, 0.1) is 6.04 Å². The summed E-state index contributed by atoms with van der Waals surface area (Å²) in [5.74, 6) is 0.314. The van der Waals surface area contributed by atoms with Crippen LogP contribution in [0.4, 0.5) is 0 Å². The van der Waals surface area contributed by atoms with Crippen LogP contribution in [0, 0.1) is 0 Å². The van der Waals surface area contributed by atoms with Crippen molar-refractivity contribution in [3.05, 3.63) is 0 Å². The van der Waals surface area contributed by atoms with Gasteiger partial charge in [-0.25, -0.2) is 0 Å². The second-order valence-electron chi connectivity index (χ2n) is 6.06. The van der Waals surface area contributed by atoms with Crippen molar-refractivity contribution in [1.82, 2.24) is 15.1 Å². The van der Waals surface area contributed by atoms with Crippen molar-refractivity contribution in [2.75, 3.05) is 33.2 Å². The zero-order valence-corrected chi connectivity index (χ0v) is 12.5. The number of likely N-dealkylation sites (N-methyl/N-ethyl adjacent to an activating group) is 1. The van der Waals surface area contributed by atoms with E-state index in [1.165, 1.54) is 38.5 Å². The van der Waals surface area contributed by atoms with Gasteiger partial charge in [0.1, 0.15) is 0 Å². The average Bonchev–Trinajstić information content (AvgIpc) is 2.75. The number of nitrogens with zero attached hydrogens (tertiary/aromatic N) is 2. The Kier molecular flexibility index (Phi) is 5.64. The first kappa shape index (κ1) is 14.8. The van der Waals surface area contributed by atoms with Crippen LogP contribution in [-0.4, -0.2) is 61.0 Å². The molecule has 4 nitrogen and oxygen atoms in total. The molecule has 1 amide bonds. The Morgan fingerprint density at radius 2 is 1.74 bits per heavy atom.